The van der Waals surface area contributed by atoms with E-state index < -0.39 is 28.2 Å². The summed E-state index contributed by atoms with van der Waals surface area (Å²) in [7, 11) is -1.49. The first-order valence-corrected chi connectivity index (χ1v) is 15.4. The Balaban J connectivity index is 1.66. The maximum absolute atomic E-state index is 13.6. The highest BCUT2D eigenvalue weighted by atomic mass is 35.5. The van der Waals surface area contributed by atoms with Crippen LogP contribution in [-0.4, -0.2) is 39.0 Å². The Morgan fingerprint density at radius 3 is 2.34 bits per heavy atom. The molecule has 13 heteroatoms. The van der Waals surface area contributed by atoms with Crippen molar-refractivity contribution in [2.45, 2.75) is 62.9 Å². The van der Waals surface area contributed by atoms with Gasteiger partial charge in [-0.3, -0.25) is 10.2 Å². The number of nitrogens with one attached hydrogen (secondary N) is 1. The lowest BCUT2D eigenvalue weighted by molar-refractivity contribution is -0.137. The minimum absolute atomic E-state index is 0.0312. The zero-order valence-corrected chi connectivity index (χ0v) is 24.4. The molecule has 41 heavy (non-hydrogen) atoms. The van der Waals surface area contributed by atoms with Crippen molar-refractivity contribution in [3.8, 4) is 16.9 Å². The van der Waals surface area contributed by atoms with Gasteiger partial charge >= 0.3 is 6.18 Å². The largest absolute Gasteiger partial charge is 0.444 e. The van der Waals surface area contributed by atoms with Crippen molar-refractivity contribution in [3.63, 3.8) is 0 Å². The third-order valence-electron chi connectivity index (χ3n) is 7.38. The fraction of sp³-hybridized carbons (Fsp3) is 0.429. The average molecular weight is 628 g/mol. The molecule has 1 saturated heterocycles. The van der Waals surface area contributed by atoms with Gasteiger partial charge in [0.05, 0.1) is 22.0 Å². The summed E-state index contributed by atoms with van der Waals surface area (Å²) in [4.78, 5) is 13.6. The summed E-state index contributed by atoms with van der Waals surface area (Å²) in [6.07, 6.45) is 2.02. The highest BCUT2D eigenvalue weighted by molar-refractivity contribution is 7.75. The van der Waals surface area contributed by atoms with Crippen LogP contribution in [0.25, 0.3) is 16.9 Å². The lowest BCUT2D eigenvalue weighted by Crippen LogP contribution is -2.45. The molecule has 1 amide bonds. The number of aromatic nitrogens is 2. The first kappa shape index (κ1) is 29.9. The summed E-state index contributed by atoms with van der Waals surface area (Å²) >= 11 is 12.7. The minimum Gasteiger partial charge on any atom is -0.444 e. The number of halogens is 5. The number of hydrogen-bond donors (Lipinski definition) is 1. The number of benzene rings is 2. The monoisotopic (exact) mass is 626 g/mol. The SMILES string of the molecule is O=C(NN1CCCCC1)c1nn(-c2ccc(Cl)cc2Cl)c(-c2ccc(C(F)(F)F)cc2)c1CN=[S-](=O)C1CCCC1. The van der Waals surface area contributed by atoms with Gasteiger partial charge in [0.2, 0.25) is 0 Å². The van der Waals surface area contributed by atoms with Crippen LogP contribution in [0, 0.1) is 0 Å². The number of rotatable bonds is 7. The maximum atomic E-state index is 13.6. The third-order valence-corrected chi connectivity index (χ3v) is 9.34. The fourth-order valence-electron chi connectivity index (χ4n) is 5.25. The Labute approximate surface area is 248 Å². The van der Waals surface area contributed by atoms with E-state index in [-0.39, 0.29) is 22.5 Å². The maximum Gasteiger partial charge on any atom is 0.416 e. The number of hydrogen-bond acceptors (Lipinski definition) is 6. The molecule has 1 aliphatic carbocycles. The van der Waals surface area contributed by atoms with E-state index in [2.05, 4.69) is 14.9 Å². The second kappa shape index (κ2) is 12.7. The molecule has 220 valence electrons. The van der Waals surface area contributed by atoms with Crippen molar-refractivity contribution in [1.29, 1.82) is 0 Å². The van der Waals surface area contributed by atoms with E-state index in [1.54, 1.807) is 12.1 Å². The van der Waals surface area contributed by atoms with Gasteiger partial charge in [-0.25, -0.2) is 9.69 Å². The van der Waals surface area contributed by atoms with E-state index in [9.17, 15) is 22.2 Å². The van der Waals surface area contributed by atoms with Crippen LogP contribution in [0.1, 0.15) is 66.6 Å². The number of amides is 1. The van der Waals surface area contributed by atoms with Gasteiger partial charge in [-0.2, -0.15) is 28.9 Å². The molecule has 2 fully saturated rings. The van der Waals surface area contributed by atoms with Crippen LogP contribution in [0.3, 0.4) is 0 Å². The summed E-state index contributed by atoms with van der Waals surface area (Å²) in [5.74, 6) is -0.485. The molecule has 2 aliphatic rings. The van der Waals surface area contributed by atoms with Gasteiger partial charge in [-0.1, -0.05) is 72.7 Å². The van der Waals surface area contributed by atoms with Crippen molar-refractivity contribution in [2.75, 3.05) is 13.1 Å². The van der Waals surface area contributed by atoms with Crippen LogP contribution in [0.15, 0.2) is 46.8 Å². The van der Waals surface area contributed by atoms with E-state index >= 15 is 0 Å². The molecule has 0 bridgehead atoms. The molecule has 0 spiro atoms. The van der Waals surface area contributed by atoms with Crippen molar-refractivity contribution in [3.05, 3.63) is 69.3 Å². The number of carbonyl (C=O) groups excluding carboxylic acids is 1. The van der Waals surface area contributed by atoms with Crippen molar-refractivity contribution >= 4 is 39.7 Å². The Kier molecular flexibility index (Phi) is 9.27. The zero-order valence-electron chi connectivity index (χ0n) is 22.1. The molecule has 0 unspecified atom stereocenters. The van der Waals surface area contributed by atoms with Gasteiger partial charge in [0.15, 0.2) is 5.69 Å². The molecule has 0 radical (unpaired) electrons. The topological polar surface area (TPSA) is 79.6 Å². The molecular formula is C28H29Cl2F3N5O2S-. The lowest BCUT2D eigenvalue weighted by atomic mass is 10.0. The molecule has 1 N–H and O–H groups in total. The van der Waals surface area contributed by atoms with Crippen LogP contribution in [0.5, 0.6) is 0 Å². The quantitative estimate of drug-likeness (QED) is 0.274. The standard InChI is InChI=1S/C28H29Cl2F3N5O2S/c29-20-12-13-24(23(30)16-20)38-26(18-8-10-19(11-9-18)28(31,32)33)22(17-34-41(40)21-6-2-3-7-21)25(35-38)27(39)36-37-14-4-1-5-15-37/h8-13,16,21H,1-7,14-15,17H2,(H,36,39)/q-1. The Morgan fingerprint density at radius 2 is 1.71 bits per heavy atom. The van der Waals surface area contributed by atoms with Crippen molar-refractivity contribution in [2.24, 2.45) is 4.36 Å². The fourth-order valence-corrected chi connectivity index (χ4v) is 6.94. The first-order valence-electron chi connectivity index (χ1n) is 13.5. The van der Waals surface area contributed by atoms with E-state index in [0.717, 1.165) is 57.1 Å². The molecule has 1 saturated carbocycles. The molecule has 2 aromatic carbocycles. The van der Waals surface area contributed by atoms with Crippen LogP contribution >= 0.6 is 23.2 Å². The molecule has 5 rings (SSSR count). The number of alkyl halides is 3. The van der Waals surface area contributed by atoms with Crippen LogP contribution in [-0.2, 0) is 27.5 Å². The normalized spacial score (nSPS) is 17.7. The van der Waals surface area contributed by atoms with Crippen LogP contribution in [0.2, 0.25) is 10.0 Å². The van der Waals surface area contributed by atoms with Gasteiger partial charge in [0.1, 0.15) is 0 Å². The van der Waals surface area contributed by atoms with Crippen molar-refractivity contribution < 1.29 is 22.2 Å². The summed E-state index contributed by atoms with van der Waals surface area (Å²) in [6, 6.07) is 9.34. The third kappa shape index (κ3) is 6.90. The number of nitrogens with zero attached hydrogens (tertiary/aromatic N) is 4. The highest BCUT2D eigenvalue weighted by Gasteiger charge is 2.31. The Bertz CT molecular complexity index is 1490. The van der Waals surface area contributed by atoms with E-state index in [4.69, 9.17) is 23.2 Å². The van der Waals surface area contributed by atoms with Crippen LogP contribution < -0.4 is 5.43 Å². The van der Waals surface area contributed by atoms with E-state index in [1.165, 1.54) is 22.9 Å². The van der Waals surface area contributed by atoms with Gasteiger partial charge in [-0.05, 0) is 43.2 Å². The first-order chi connectivity index (χ1) is 19.6. The summed E-state index contributed by atoms with van der Waals surface area (Å²) in [5, 5.41) is 7.01. The second-order valence-corrected chi connectivity index (χ2v) is 12.5. The highest BCUT2D eigenvalue weighted by Crippen LogP contribution is 2.36. The minimum atomic E-state index is -4.52. The second-order valence-electron chi connectivity index (χ2n) is 10.2. The molecule has 3 aromatic rings. The summed E-state index contributed by atoms with van der Waals surface area (Å²) in [6.45, 7) is 1.26. The molecule has 1 aliphatic heterocycles. The molecule has 1 aromatic heterocycles. The predicted octanol–water partition coefficient (Wildman–Crippen LogP) is 7.59. The van der Waals surface area contributed by atoms with E-state index in [1.807, 2.05) is 5.01 Å². The molecular weight excluding hydrogens is 598 g/mol. The van der Waals surface area contributed by atoms with Gasteiger partial charge in [0, 0.05) is 35.8 Å². The average Bonchev–Trinajstić information content (AvgIpc) is 3.61. The van der Waals surface area contributed by atoms with Gasteiger partial charge in [-0.15, -0.1) is 0 Å². The van der Waals surface area contributed by atoms with Gasteiger partial charge < -0.3 is 8.57 Å². The summed E-state index contributed by atoms with van der Waals surface area (Å²) in [5.41, 5.74) is 3.55. The summed E-state index contributed by atoms with van der Waals surface area (Å²) < 4.78 is 59.0. The zero-order chi connectivity index (χ0) is 29.1. The number of carbonyl (C=O) groups is 1. The Morgan fingerprint density at radius 1 is 1.02 bits per heavy atom. The van der Waals surface area contributed by atoms with Crippen molar-refractivity contribution in [1.82, 2.24) is 20.2 Å². The Hall–Kier alpha value is -2.60. The smallest absolute Gasteiger partial charge is 0.416 e. The van der Waals surface area contributed by atoms with Crippen LogP contribution in [0.4, 0.5) is 13.2 Å². The molecule has 7 nitrogen and oxygen atoms in total. The van der Waals surface area contributed by atoms with E-state index in [0.29, 0.717) is 40.6 Å². The lowest BCUT2D eigenvalue weighted by Gasteiger charge is -2.26. The molecule has 0 atom stereocenters. The number of hydrazine groups is 1. The molecule has 2 heterocycles. The van der Waals surface area contributed by atoms with Gasteiger partial charge in [0.25, 0.3) is 5.91 Å². The predicted molar refractivity (Wildman–Crippen MR) is 153 cm³/mol. The number of piperidine rings is 1.